The number of carbonyl (C=O) groups excluding carboxylic acids is 1. The van der Waals surface area contributed by atoms with Crippen molar-refractivity contribution in [1.29, 1.82) is 0 Å². The van der Waals surface area contributed by atoms with Crippen LogP contribution < -0.4 is 10.2 Å². The molecule has 1 aromatic heterocycles. The summed E-state index contributed by atoms with van der Waals surface area (Å²) in [5.41, 5.74) is 2.37. The number of benzene rings is 2. The topological polar surface area (TPSA) is 91.8 Å². The van der Waals surface area contributed by atoms with Gasteiger partial charge < -0.3 is 20.1 Å². The van der Waals surface area contributed by atoms with E-state index in [0.717, 1.165) is 30.0 Å². The van der Waals surface area contributed by atoms with E-state index >= 15 is 0 Å². The molecule has 0 bridgehead atoms. The van der Waals surface area contributed by atoms with Crippen LogP contribution in [0.15, 0.2) is 66.9 Å². The Balaban J connectivity index is 1.56. The lowest BCUT2D eigenvalue weighted by molar-refractivity contribution is 0.0698. The molecule has 1 fully saturated rings. The summed E-state index contributed by atoms with van der Waals surface area (Å²) < 4.78 is 5.34. The van der Waals surface area contributed by atoms with Gasteiger partial charge >= 0.3 is 5.97 Å². The number of anilines is 2. The van der Waals surface area contributed by atoms with Gasteiger partial charge in [-0.3, -0.25) is 4.79 Å². The van der Waals surface area contributed by atoms with Gasteiger partial charge in [0, 0.05) is 19.3 Å². The van der Waals surface area contributed by atoms with Crippen molar-refractivity contribution in [3.05, 3.63) is 78.0 Å². The Morgan fingerprint density at radius 2 is 1.73 bits per heavy atom. The van der Waals surface area contributed by atoms with Crippen LogP contribution in [0.1, 0.15) is 20.7 Å². The van der Waals surface area contributed by atoms with E-state index in [-0.39, 0.29) is 11.3 Å². The molecule has 0 spiro atoms. The van der Waals surface area contributed by atoms with Gasteiger partial charge in [-0.25, -0.2) is 9.78 Å². The minimum absolute atomic E-state index is 0.0286. The summed E-state index contributed by atoms with van der Waals surface area (Å²) in [5, 5.41) is 12.2. The van der Waals surface area contributed by atoms with Crippen LogP contribution in [0.25, 0.3) is 11.1 Å². The average molecular weight is 403 g/mol. The van der Waals surface area contributed by atoms with E-state index in [4.69, 9.17) is 4.74 Å². The SMILES string of the molecule is O=C(Nc1cc(-c2ccccc2)ccc1C(=O)O)c1ccc(N2CCOCC2)nc1. The zero-order valence-electron chi connectivity index (χ0n) is 16.2. The van der Waals surface area contributed by atoms with E-state index < -0.39 is 11.9 Å². The third kappa shape index (κ3) is 4.31. The Bertz CT molecular complexity index is 1050. The second-order valence-electron chi connectivity index (χ2n) is 6.89. The minimum atomic E-state index is -1.11. The fourth-order valence-corrected chi connectivity index (χ4v) is 3.34. The lowest BCUT2D eigenvalue weighted by atomic mass is 10.0. The van der Waals surface area contributed by atoms with Gasteiger partial charge in [0.2, 0.25) is 0 Å². The van der Waals surface area contributed by atoms with Crippen molar-refractivity contribution in [3.8, 4) is 11.1 Å². The Hall–Kier alpha value is -3.71. The molecular formula is C23H21N3O4. The zero-order valence-corrected chi connectivity index (χ0v) is 16.2. The second kappa shape index (κ2) is 8.75. The molecule has 3 aromatic rings. The molecule has 2 heterocycles. The van der Waals surface area contributed by atoms with E-state index in [0.29, 0.717) is 18.8 Å². The molecule has 0 aliphatic carbocycles. The Morgan fingerprint density at radius 3 is 2.40 bits per heavy atom. The maximum absolute atomic E-state index is 12.7. The summed E-state index contributed by atoms with van der Waals surface area (Å²) in [4.78, 5) is 30.8. The number of ether oxygens (including phenoxy) is 1. The molecular weight excluding hydrogens is 382 g/mol. The summed E-state index contributed by atoms with van der Waals surface area (Å²) in [7, 11) is 0. The second-order valence-corrected chi connectivity index (χ2v) is 6.89. The molecule has 1 saturated heterocycles. The number of rotatable bonds is 5. The predicted octanol–water partition coefficient (Wildman–Crippen LogP) is 3.54. The molecule has 0 saturated carbocycles. The van der Waals surface area contributed by atoms with Crippen molar-refractivity contribution in [2.24, 2.45) is 0 Å². The summed E-state index contributed by atoms with van der Waals surface area (Å²) in [6, 6.07) is 17.9. The summed E-state index contributed by atoms with van der Waals surface area (Å²) in [6.45, 7) is 2.82. The molecule has 2 aromatic carbocycles. The van der Waals surface area contributed by atoms with Crippen molar-refractivity contribution in [1.82, 2.24) is 4.98 Å². The molecule has 0 unspecified atom stereocenters. The molecule has 7 heteroatoms. The van der Waals surface area contributed by atoms with Gasteiger partial charge in [0.15, 0.2) is 0 Å². The first kappa shape index (κ1) is 19.6. The first-order chi connectivity index (χ1) is 14.6. The van der Waals surface area contributed by atoms with Gasteiger partial charge in [-0.05, 0) is 35.4 Å². The van der Waals surface area contributed by atoms with Crippen LogP contribution >= 0.6 is 0 Å². The van der Waals surface area contributed by atoms with Crippen LogP contribution in [0.2, 0.25) is 0 Å². The number of nitrogens with zero attached hydrogens (tertiary/aromatic N) is 2. The van der Waals surface area contributed by atoms with E-state index in [1.807, 2.05) is 30.3 Å². The Labute approximate surface area is 173 Å². The molecule has 1 amide bonds. The number of pyridine rings is 1. The van der Waals surface area contributed by atoms with Crippen LogP contribution in [0.3, 0.4) is 0 Å². The van der Waals surface area contributed by atoms with Crippen LogP contribution in [-0.4, -0.2) is 48.3 Å². The quantitative estimate of drug-likeness (QED) is 0.677. The van der Waals surface area contributed by atoms with E-state index in [1.165, 1.54) is 12.3 Å². The third-order valence-electron chi connectivity index (χ3n) is 4.95. The van der Waals surface area contributed by atoms with Crippen LogP contribution in [0.4, 0.5) is 11.5 Å². The largest absolute Gasteiger partial charge is 0.478 e. The highest BCUT2D eigenvalue weighted by Crippen LogP contribution is 2.26. The smallest absolute Gasteiger partial charge is 0.337 e. The van der Waals surface area contributed by atoms with Crippen LogP contribution in [0.5, 0.6) is 0 Å². The highest BCUT2D eigenvalue weighted by Gasteiger charge is 2.17. The number of carboxylic acids is 1. The van der Waals surface area contributed by atoms with Gasteiger partial charge in [-0.1, -0.05) is 36.4 Å². The molecule has 7 nitrogen and oxygen atoms in total. The number of hydrogen-bond donors (Lipinski definition) is 2. The van der Waals surface area contributed by atoms with Gasteiger partial charge in [-0.2, -0.15) is 0 Å². The molecule has 30 heavy (non-hydrogen) atoms. The van der Waals surface area contributed by atoms with Gasteiger partial charge in [0.1, 0.15) is 5.82 Å². The lowest BCUT2D eigenvalue weighted by Gasteiger charge is -2.27. The summed E-state index contributed by atoms with van der Waals surface area (Å²) in [5.74, 6) is -0.735. The van der Waals surface area contributed by atoms with E-state index in [9.17, 15) is 14.7 Å². The van der Waals surface area contributed by atoms with Gasteiger partial charge in [-0.15, -0.1) is 0 Å². The first-order valence-electron chi connectivity index (χ1n) is 9.65. The van der Waals surface area contributed by atoms with Crippen LogP contribution in [0, 0.1) is 0 Å². The Kier molecular flexibility index (Phi) is 5.72. The molecule has 0 atom stereocenters. The number of carbonyl (C=O) groups is 2. The summed E-state index contributed by atoms with van der Waals surface area (Å²) in [6.07, 6.45) is 1.50. The van der Waals surface area contributed by atoms with Gasteiger partial charge in [0.25, 0.3) is 5.91 Å². The molecule has 4 rings (SSSR count). The van der Waals surface area contributed by atoms with E-state index in [2.05, 4.69) is 15.2 Å². The fraction of sp³-hybridized carbons (Fsp3) is 0.174. The first-order valence-corrected chi connectivity index (χ1v) is 9.65. The molecule has 1 aliphatic heterocycles. The number of aromatic carboxylic acids is 1. The molecule has 0 radical (unpaired) electrons. The molecule has 1 aliphatic rings. The van der Waals surface area contributed by atoms with Crippen LogP contribution in [-0.2, 0) is 4.74 Å². The standard InChI is InChI=1S/C23H21N3O4/c27-22(18-7-9-21(24-15-18)26-10-12-30-13-11-26)25-20-14-17(6-8-19(20)23(28)29)16-4-2-1-3-5-16/h1-9,14-15H,10-13H2,(H,25,27)(H,28,29). The van der Waals surface area contributed by atoms with Gasteiger partial charge in [0.05, 0.1) is 30.0 Å². The number of nitrogens with one attached hydrogen (secondary N) is 1. The number of hydrogen-bond acceptors (Lipinski definition) is 5. The lowest BCUT2D eigenvalue weighted by Crippen LogP contribution is -2.36. The monoisotopic (exact) mass is 403 g/mol. The van der Waals surface area contributed by atoms with Crippen molar-refractivity contribution in [2.75, 3.05) is 36.5 Å². The average Bonchev–Trinajstić information content (AvgIpc) is 2.80. The number of aromatic nitrogens is 1. The maximum atomic E-state index is 12.7. The molecule has 152 valence electrons. The zero-order chi connectivity index (χ0) is 20.9. The van der Waals surface area contributed by atoms with Crippen molar-refractivity contribution >= 4 is 23.4 Å². The summed E-state index contributed by atoms with van der Waals surface area (Å²) >= 11 is 0. The van der Waals surface area contributed by atoms with Crippen molar-refractivity contribution in [3.63, 3.8) is 0 Å². The minimum Gasteiger partial charge on any atom is -0.478 e. The van der Waals surface area contributed by atoms with Crippen molar-refractivity contribution < 1.29 is 19.4 Å². The number of amides is 1. The van der Waals surface area contributed by atoms with Crippen molar-refractivity contribution in [2.45, 2.75) is 0 Å². The predicted molar refractivity (Wildman–Crippen MR) is 114 cm³/mol. The highest BCUT2D eigenvalue weighted by molar-refractivity contribution is 6.08. The third-order valence-corrected chi connectivity index (χ3v) is 4.95. The normalized spacial score (nSPS) is 13.7. The van der Waals surface area contributed by atoms with E-state index in [1.54, 1.807) is 24.3 Å². The molecule has 2 N–H and O–H groups in total. The Morgan fingerprint density at radius 1 is 0.967 bits per heavy atom. The highest BCUT2D eigenvalue weighted by atomic mass is 16.5. The maximum Gasteiger partial charge on any atom is 0.337 e. The number of carboxylic acid groups (broad SMARTS) is 1. The fourth-order valence-electron chi connectivity index (χ4n) is 3.34. The number of morpholine rings is 1.